The number of rotatable bonds is 8. The topological polar surface area (TPSA) is 85.3 Å². The number of nitriles is 1. The Kier molecular flexibility index (Phi) is 6.89. The largest absolute Gasteiger partial charge is 0.493 e. The molecule has 0 amide bonds. The third-order valence-corrected chi connectivity index (χ3v) is 4.85. The highest BCUT2D eigenvalue weighted by atomic mass is 35.5. The van der Waals surface area contributed by atoms with E-state index < -0.39 is 0 Å². The van der Waals surface area contributed by atoms with E-state index in [2.05, 4.69) is 15.3 Å². The van der Waals surface area contributed by atoms with Gasteiger partial charge in [0.1, 0.15) is 12.4 Å². The van der Waals surface area contributed by atoms with E-state index >= 15 is 0 Å². The molecule has 28 heavy (non-hydrogen) atoms. The average molecular weight is 414 g/mol. The van der Waals surface area contributed by atoms with Crippen molar-refractivity contribution in [1.82, 2.24) is 14.9 Å². The van der Waals surface area contributed by atoms with Gasteiger partial charge in [-0.3, -0.25) is 0 Å². The SMILES string of the molecule is COc1cc(/C=N\n2cnnc2SCc2ccc(Cl)cc2)ccc1OCC#N. The summed E-state index contributed by atoms with van der Waals surface area (Å²) >= 11 is 7.43. The van der Waals surface area contributed by atoms with Crippen molar-refractivity contribution in [3.63, 3.8) is 0 Å². The van der Waals surface area contributed by atoms with Gasteiger partial charge in [-0.2, -0.15) is 15.0 Å². The van der Waals surface area contributed by atoms with Gasteiger partial charge in [0, 0.05) is 10.8 Å². The van der Waals surface area contributed by atoms with Crippen LogP contribution in [0.25, 0.3) is 0 Å². The van der Waals surface area contributed by atoms with E-state index in [4.69, 9.17) is 26.3 Å². The van der Waals surface area contributed by atoms with E-state index in [0.29, 0.717) is 21.7 Å². The Labute approximate surface area is 171 Å². The molecule has 2 aromatic carbocycles. The number of hydrogen-bond donors (Lipinski definition) is 0. The zero-order valence-corrected chi connectivity index (χ0v) is 16.5. The van der Waals surface area contributed by atoms with Gasteiger partial charge >= 0.3 is 0 Å². The molecule has 0 bridgehead atoms. The first kappa shape index (κ1) is 19.7. The summed E-state index contributed by atoms with van der Waals surface area (Å²) in [6.07, 6.45) is 3.22. The summed E-state index contributed by atoms with van der Waals surface area (Å²) in [6.45, 7) is -0.0430. The Morgan fingerprint density at radius 1 is 1.25 bits per heavy atom. The maximum absolute atomic E-state index is 8.63. The van der Waals surface area contributed by atoms with Gasteiger partial charge in [-0.25, -0.2) is 0 Å². The Balaban J connectivity index is 1.68. The fourth-order valence-corrected chi connectivity index (χ4v) is 3.19. The van der Waals surface area contributed by atoms with E-state index in [1.807, 2.05) is 36.4 Å². The van der Waals surface area contributed by atoms with Gasteiger partial charge in [-0.05, 0) is 41.5 Å². The minimum atomic E-state index is -0.0430. The van der Waals surface area contributed by atoms with Crippen LogP contribution < -0.4 is 9.47 Å². The van der Waals surface area contributed by atoms with Gasteiger partial charge < -0.3 is 9.47 Å². The molecule has 0 saturated carbocycles. The number of ether oxygens (including phenoxy) is 2. The molecule has 0 aliphatic carbocycles. The number of methoxy groups -OCH3 is 1. The van der Waals surface area contributed by atoms with Crippen LogP contribution in [0.1, 0.15) is 11.1 Å². The number of nitrogens with zero attached hydrogens (tertiary/aromatic N) is 5. The molecule has 0 aliphatic rings. The van der Waals surface area contributed by atoms with Crippen LogP contribution in [-0.2, 0) is 5.75 Å². The zero-order valence-electron chi connectivity index (χ0n) is 14.9. The van der Waals surface area contributed by atoms with Crippen molar-refractivity contribution in [2.24, 2.45) is 5.10 Å². The standard InChI is InChI=1S/C19H16ClN5O2S/c1-26-18-10-15(4-7-17(18)27-9-8-21)11-23-25-13-22-24-19(25)28-12-14-2-5-16(20)6-3-14/h2-7,10-11,13H,9,12H2,1H3/b23-11-. The van der Waals surface area contributed by atoms with Crippen LogP contribution in [0.3, 0.4) is 0 Å². The molecular formula is C19H16ClN5O2S. The number of benzene rings is 2. The third-order valence-electron chi connectivity index (χ3n) is 3.59. The van der Waals surface area contributed by atoms with Crippen molar-refractivity contribution in [1.29, 1.82) is 5.26 Å². The second kappa shape index (κ2) is 9.78. The summed E-state index contributed by atoms with van der Waals surface area (Å²) in [6, 6.07) is 14.9. The number of thioether (sulfide) groups is 1. The molecular weight excluding hydrogens is 398 g/mol. The number of halogens is 1. The second-order valence-electron chi connectivity index (χ2n) is 5.47. The second-order valence-corrected chi connectivity index (χ2v) is 6.85. The van der Waals surface area contributed by atoms with Crippen LogP contribution in [0.2, 0.25) is 5.02 Å². The molecule has 3 rings (SSSR count). The van der Waals surface area contributed by atoms with Crippen LogP contribution in [0, 0.1) is 11.3 Å². The first-order valence-corrected chi connectivity index (χ1v) is 9.55. The van der Waals surface area contributed by atoms with Gasteiger partial charge in [0.2, 0.25) is 5.16 Å². The fraction of sp³-hybridized carbons (Fsp3) is 0.158. The third kappa shape index (κ3) is 5.25. The van der Waals surface area contributed by atoms with Crippen LogP contribution in [0.4, 0.5) is 0 Å². The van der Waals surface area contributed by atoms with E-state index in [9.17, 15) is 0 Å². The maximum Gasteiger partial charge on any atom is 0.212 e. The lowest BCUT2D eigenvalue weighted by atomic mass is 10.2. The van der Waals surface area contributed by atoms with Gasteiger partial charge in [-0.1, -0.05) is 35.5 Å². The smallest absolute Gasteiger partial charge is 0.212 e. The molecule has 0 saturated heterocycles. The molecule has 0 N–H and O–H groups in total. The normalized spacial score (nSPS) is 10.8. The first-order valence-electron chi connectivity index (χ1n) is 8.19. The molecule has 142 valence electrons. The van der Waals surface area contributed by atoms with Gasteiger partial charge in [0.15, 0.2) is 18.1 Å². The Hall–Kier alpha value is -3.02. The molecule has 0 unspecified atom stereocenters. The highest BCUT2D eigenvalue weighted by Crippen LogP contribution is 2.27. The minimum Gasteiger partial charge on any atom is -0.493 e. The maximum atomic E-state index is 8.63. The van der Waals surface area contributed by atoms with E-state index in [1.165, 1.54) is 11.8 Å². The molecule has 0 aliphatic heterocycles. The van der Waals surface area contributed by atoms with Crippen molar-refractivity contribution < 1.29 is 9.47 Å². The summed E-state index contributed by atoms with van der Waals surface area (Å²) in [7, 11) is 1.54. The van der Waals surface area contributed by atoms with Crippen molar-refractivity contribution in [3.05, 3.63) is 64.9 Å². The summed E-state index contributed by atoms with van der Waals surface area (Å²) < 4.78 is 12.2. The number of aromatic nitrogens is 3. The first-order chi connectivity index (χ1) is 13.7. The van der Waals surface area contributed by atoms with Gasteiger partial charge in [0.25, 0.3) is 0 Å². The summed E-state index contributed by atoms with van der Waals surface area (Å²) in [5.41, 5.74) is 1.94. The Bertz CT molecular complexity index is 998. The van der Waals surface area contributed by atoms with Crippen molar-refractivity contribution in [2.45, 2.75) is 10.9 Å². The molecule has 0 spiro atoms. The minimum absolute atomic E-state index is 0.0430. The number of hydrogen-bond acceptors (Lipinski definition) is 7. The summed E-state index contributed by atoms with van der Waals surface area (Å²) in [4.78, 5) is 0. The summed E-state index contributed by atoms with van der Waals surface area (Å²) in [5.74, 6) is 1.76. The molecule has 7 nitrogen and oxygen atoms in total. The Morgan fingerprint density at radius 3 is 2.82 bits per heavy atom. The van der Waals surface area contributed by atoms with Crippen molar-refractivity contribution >= 4 is 29.6 Å². The van der Waals surface area contributed by atoms with Gasteiger partial charge in [0.05, 0.1) is 13.3 Å². The fourth-order valence-electron chi connectivity index (χ4n) is 2.24. The Morgan fingerprint density at radius 2 is 2.07 bits per heavy atom. The van der Waals surface area contributed by atoms with Gasteiger partial charge in [-0.15, -0.1) is 10.2 Å². The van der Waals surface area contributed by atoms with E-state index in [1.54, 1.807) is 36.5 Å². The molecule has 1 aromatic heterocycles. The molecule has 0 fully saturated rings. The zero-order chi connectivity index (χ0) is 19.8. The van der Waals surface area contributed by atoms with E-state index in [0.717, 1.165) is 16.9 Å². The highest BCUT2D eigenvalue weighted by Gasteiger charge is 2.07. The monoisotopic (exact) mass is 413 g/mol. The molecule has 0 atom stereocenters. The predicted octanol–water partition coefficient (Wildman–Crippen LogP) is 4.02. The van der Waals surface area contributed by atoms with Crippen LogP contribution in [-0.4, -0.2) is 34.8 Å². The predicted molar refractivity (Wildman–Crippen MR) is 108 cm³/mol. The highest BCUT2D eigenvalue weighted by molar-refractivity contribution is 7.98. The molecule has 9 heteroatoms. The summed E-state index contributed by atoms with van der Waals surface area (Å²) in [5, 5.41) is 22.4. The lowest BCUT2D eigenvalue weighted by Gasteiger charge is -2.08. The lowest BCUT2D eigenvalue weighted by Crippen LogP contribution is -1.98. The average Bonchev–Trinajstić information content (AvgIpc) is 3.18. The van der Waals surface area contributed by atoms with Crippen molar-refractivity contribution in [2.75, 3.05) is 13.7 Å². The molecule has 3 aromatic rings. The molecule has 1 heterocycles. The van der Waals surface area contributed by atoms with Crippen LogP contribution in [0.5, 0.6) is 11.5 Å². The quantitative estimate of drug-likeness (QED) is 0.409. The lowest BCUT2D eigenvalue weighted by molar-refractivity contribution is 0.329. The van der Waals surface area contributed by atoms with E-state index in [-0.39, 0.29) is 6.61 Å². The van der Waals surface area contributed by atoms with Crippen LogP contribution in [0.15, 0.2) is 59.0 Å². The van der Waals surface area contributed by atoms with Crippen LogP contribution >= 0.6 is 23.4 Å². The van der Waals surface area contributed by atoms with Crippen molar-refractivity contribution in [3.8, 4) is 17.6 Å². The molecule has 0 radical (unpaired) electrons.